The van der Waals surface area contributed by atoms with Crippen molar-refractivity contribution in [2.75, 3.05) is 5.73 Å². The molecule has 0 spiro atoms. The van der Waals surface area contributed by atoms with Gasteiger partial charge in [0.1, 0.15) is 11.8 Å². The summed E-state index contributed by atoms with van der Waals surface area (Å²) in [5, 5.41) is 14.9. The summed E-state index contributed by atoms with van der Waals surface area (Å²) in [5.74, 6) is -1.15. The molecule has 1 fully saturated rings. The van der Waals surface area contributed by atoms with Crippen molar-refractivity contribution in [3.63, 3.8) is 0 Å². The van der Waals surface area contributed by atoms with Crippen LogP contribution in [-0.2, 0) is 9.63 Å². The summed E-state index contributed by atoms with van der Waals surface area (Å²) in [5.41, 5.74) is 5.59. The van der Waals surface area contributed by atoms with Gasteiger partial charge in [0, 0.05) is 5.38 Å². The highest BCUT2D eigenvalue weighted by atomic mass is 32.1. The molecule has 1 heterocycles. The molecule has 0 saturated heterocycles. The van der Waals surface area contributed by atoms with Crippen LogP contribution >= 0.6 is 11.3 Å². The minimum Gasteiger partial charge on any atom is -0.476 e. The number of carboxylic acid groups (broad SMARTS) is 1. The van der Waals surface area contributed by atoms with Gasteiger partial charge in [-0.3, -0.25) is 0 Å². The van der Waals surface area contributed by atoms with Crippen LogP contribution in [0.5, 0.6) is 0 Å². The van der Waals surface area contributed by atoms with Gasteiger partial charge in [0.2, 0.25) is 5.71 Å². The van der Waals surface area contributed by atoms with E-state index in [-0.39, 0.29) is 17.5 Å². The zero-order valence-electron chi connectivity index (χ0n) is 11.2. The lowest BCUT2D eigenvalue weighted by Gasteiger charge is -2.17. The van der Waals surface area contributed by atoms with E-state index in [1.165, 1.54) is 30.6 Å². The number of hydrogen-bond donors (Lipinski definition) is 2. The number of thiazole rings is 1. The molecule has 6 nitrogen and oxygen atoms in total. The van der Waals surface area contributed by atoms with Crippen molar-refractivity contribution in [3.05, 3.63) is 11.1 Å². The molecule has 7 heteroatoms. The zero-order chi connectivity index (χ0) is 14.4. The number of aromatic nitrogens is 1. The first-order chi connectivity index (χ1) is 9.66. The molecule has 3 N–H and O–H groups in total. The fourth-order valence-corrected chi connectivity index (χ4v) is 2.79. The molecule has 0 unspecified atom stereocenters. The van der Waals surface area contributed by atoms with Crippen LogP contribution in [0.4, 0.5) is 5.13 Å². The molecule has 0 aliphatic heterocycles. The second kappa shape index (κ2) is 7.23. The molecule has 1 aliphatic carbocycles. The van der Waals surface area contributed by atoms with Crippen LogP contribution in [0.15, 0.2) is 10.5 Å². The summed E-state index contributed by atoms with van der Waals surface area (Å²) in [4.78, 5) is 20.6. The van der Waals surface area contributed by atoms with Crippen molar-refractivity contribution >= 4 is 28.1 Å². The van der Waals surface area contributed by atoms with Crippen LogP contribution in [0.1, 0.15) is 50.6 Å². The lowest BCUT2D eigenvalue weighted by atomic mass is 9.99. The molecule has 0 radical (unpaired) electrons. The van der Waals surface area contributed by atoms with E-state index in [2.05, 4.69) is 10.1 Å². The predicted molar refractivity (Wildman–Crippen MR) is 77.9 cm³/mol. The molecule has 0 bridgehead atoms. The van der Waals surface area contributed by atoms with Gasteiger partial charge < -0.3 is 15.7 Å². The van der Waals surface area contributed by atoms with Crippen LogP contribution in [0.25, 0.3) is 0 Å². The number of nitrogen functional groups attached to an aromatic ring is 1. The van der Waals surface area contributed by atoms with Gasteiger partial charge >= 0.3 is 5.97 Å². The van der Waals surface area contributed by atoms with E-state index >= 15 is 0 Å². The van der Waals surface area contributed by atoms with Crippen molar-refractivity contribution in [3.8, 4) is 0 Å². The zero-order valence-corrected chi connectivity index (χ0v) is 12.1. The predicted octanol–water partition coefficient (Wildman–Crippen LogP) is 2.64. The molecular weight excluding hydrogens is 278 g/mol. The molecule has 1 aliphatic rings. The third-order valence-electron chi connectivity index (χ3n) is 3.31. The topological polar surface area (TPSA) is 97.8 Å². The monoisotopic (exact) mass is 297 g/mol. The molecule has 2 rings (SSSR count). The minimum absolute atomic E-state index is 0.000586. The van der Waals surface area contributed by atoms with Crippen LogP contribution in [-0.4, -0.2) is 27.9 Å². The maximum absolute atomic E-state index is 11.2. The van der Waals surface area contributed by atoms with Gasteiger partial charge in [-0.25, -0.2) is 9.78 Å². The molecule has 1 aromatic rings. The third kappa shape index (κ3) is 4.19. The second-order valence-electron chi connectivity index (χ2n) is 4.89. The van der Waals surface area contributed by atoms with Crippen molar-refractivity contribution in [2.45, 2.75) is 51.0 Å². The molecule has 1 saturated carbocycles. The Labute approximate surface area is 121 Å². The summed E-state index contributed by atoms with van der Waals surface area (Å²) < 4.78 is 0. The van der Waals surface area contributed by atoms with Crippen molar-refractivity contribution in [1.82, 2.24) is 4.98 Å². The lowest BCUT2D eigenvalue weighted by Crippen LogP contribution is -2.19. The Bertz CT molecular complexity index is 479. The Morgan fingerprint density at radius 2 is 2.00 bits per heavy atom. The van der Waals surface area contributed by atoms with E-state index in [0.29, 0.717) is 5.13 Å². The van der Waals surface area contributed by atoms with Gasteiger partial charge in [-0.05, 0) is 25.7 Å². The third-order valence-corrected chi connectivity index (χ3v) is 3.99. The Hall–Kier alpha value is -1.63. The van der Waals surface area contributed by atoms with Crippen LogP contribution < -0.4 is 5.73 Å². The Morgan fingerprint density at radius 1 is 1.35 bits per heavy atom. The van der Waals surface area contributed by atoms with Gasteiger partial charge in [-0.1, -0.05) is 24.4 Å². The molecular formula is C13H19N3O3S. The van der Waals surface area contributed by atoms with Crippen molar-refractivity contribution in [1.29, 1.82) is 0 Å². The highest BCUT2D eigenvalue weighted by Crippen LogP contribution is 2.20. The van der Waals surface area contributed by atoms with E-state index in [1.807, 2.05) is 0 Å². The molecule has 110 valence electrons. The minimum atomic E-state index is -1.15. The quantitative estimate of drug-likeness (QED) is 0.657. The van der Waals surface area contributed by atoms with Crippen LogP contribution in [0.3, 0.4) is 0 Å². The summed E-state index contributed by atoms with van der Waals surface area (Å²) >= 11 is 1.18. The first-order valence-electron chi connectivity index (χ1n) is 6.85. The van der Waals surface area contributed by atoms with Gasteiger partial charge in [0.25, 0.3) is 0 Å². The maximum Gasteiger partial charge on any atom is 0.360 e. The van der Waals surface area contributed by atoms with E-state index < -0.39 is 5.97 Å². The molecule has 0 aromatic carbocycles. The fraction of sp³-hybridized carbons (Fsp3) is 0.615. The van der Waals surface area contributed by atoms with E-state index in [4.69, 9.17) is 10.6 Å². The summed E-state index contributed by atoms with van der Waals surface area (Å²) in [6.45, 7) is 0. The smallest absolute Gasteiger partial charge is 0.360 e. The lowest BCUT2D eigenvalue weighted by molar-refractivity contribution is -0.129. The number of aliphatic carboxylic acids is 1. The number of rotatable bonds is 4. The molecule has 0 amide bonds. The van der Waals surface area contributed by atoms with Gasteiger partial charge in [-0.15, -0.1) is 11.3 Å². The summed E-state index contributed by atoms with van der Waals surface area (Å²) in [7, 11) is 0. The number of hydrogen-bond acceptors (Lipinski definition) is 6. The first kappa shape index (κ1) is 14.8. The summed E-state index contributed by atoms with van der Waals surface area (Å²) in [6, 6.07) is 0. The highest BCUT2D eigenvalue weighted by Gasteiger charge is 2.19. The fourth-order valence-electron chi connectivity index (χ4n) is 2.24. The molecule has 1 aromatic heterocycles. The number of oxime groups is 1. The van der Waals surface area contributed by atoms with Gasteiger partial charge in [-0.2, -0.15) is 0 Å². The first-order valence-corrected chi connectivity index (χ1v) is 7.73. The van der Waals surface area contributed by atoms with E-state index in [1.54, 1.807) is 5.38 Å². The number of carboxylic acids is 1. The van der Waals surface area contributed by atoms with Crippen LogP contribution in [0.2, 0.25) is 0 Å². The van der Waals surface area contributed by atoms with Gasteiger partial charge in [0.15, 0.2) is 5.13 Å². The average Bonchev–Trinajstić information content (AvgIpc) is 2.77. The SMILES string of the molecule is Nc1nc(C(=NOC2CCCCCCC2)C(=O)O)cs1. The summed E-state index contributed by atoms with van der Waals surface area (Å²) in [6.07, 6.45) is 7.74. The normalized spacial score (nSPS) is 18.3. The largest absolute Gasteiger partial charge is 0.476 e. The van der Waals surface area contributed by atoms with E-state index in [9.17, 15) is 9.90 Å². The number of nitrogens with zero attached hydrogens (tertiary/aromatic N) is 2. The van der Waals surface area contributed by atoms with Crippen molar-refractivity contribution < 1.29 is 14.7 Å². The molecule has 20 heavy (non-hydrogen) atoms. The highest BCUT2D eigenvalue weighted by molar-refractivity contribution is 7.13. The second-order valence-corrected chi connectivity index (χ2v) is 5.78. The molecule has 0 atom stereocenters. The maximum atomic E-state index is 11.2. The Kier molecular flexibility index (Phi) is 5.34. The van der Waals surface area contributed by atoms with Gasteiger partial charge in [0.05, 0.1) is 0 Å². The number of nitrogens with two attached hydrogens (primary N) is 1. The Balaban J connectivity index is 2.03. The Morgan fingerprint density at radius 3 is 2.55 bits per heavy atom. The number of carbonyl (C=O) groups is 1. The van der Waals surface area contributed by atoms with Crippen molar-refractivity contribution in [2.24, 2.45) is 5.16 Å². The van der Waals surface area contributed by atoms with Crippen LogP contribution in [0, 0.1) is 0 Å². The average molecular weight is 297 g/mol. The standard InChI is InChI=1S/C13H19N3O3S/c14-13-15-10(8-20-13)11(12(17)18)16-19-9-6-4-2-1-3-5-7-9/h8-9H,1-7H2,(H2,14,15)(H,17,18). The number of anilines is 1. The van der Waals surface area contributed by atoms with E-state index in [0.717, 1.165) is 25.7 Å².